The van der Waals surface area contributed by atoms with E-state index in [2.05, 4.69) is 10.3 Å². The molecule has 3 rings (SSSR count). The average Bonchev–Trinajstić information content (AvgIpc) is 2.61. The van der Waals surface area contributed by atoms with Crippen molar-refractivity contribution in [2.45, 2.75) is 33.8 Å². The Morgan fingerprint density at radius 2 is 2.04 bits per heavy atom. The Balaban J connectivity index is 1.75. The average molecular weight is 365 g/mol. The van der Waals surface area contributed by atoms with Crippen LogP contribution in [0.5, 0.6) is 5.75 Å². The zero-order chi connectivity index (χ0) is 19.4. The molecule has 0 spiro atoms. The Hall–Kier alpha value is -3.15. The van der Waals surface area contributed by atoms with Crippen LogP contribution in [0.2, 0.25) is 0 Å². The maximum Gasteiger partial charge on any atom is 0.258 e. The highest BCUT2D eigenvalue weighted by atomic mass is 16.5. The Bertz CT molecular complexity index is 1020. The van der Waals surface area contributed by atoms with Crippen LogP contribution in [0.15, 0.2) is 53.5 Å². The van der Waals surface area contributed by atoms with Crippen molar-refractivity contribution in [1.82, 2.24) is 9.38 Å². The molecule has 1 amide bonds. The second-order valence-corrected chi connectivity index (χ2v) is 6.93. The number of nitrogens with zero attached hydrogens (tertiary/aromatic N) is 2. The molecule has 6 nitrogen and oxygen atoms in total. The number of anilines is 1. The van der Waals surface area contributed by atoms with Gasteiger partial charge in [0.25, 0.3) is 5.56 Å². The van der Waals surface area contributed by atoms with Gasteiger partial charge in [-0.1, -0.05) is 26.0 Å². The highest BCUT2D eigenvalue weighted by Gasteiger charge is 2.09. The van der Waals surface area contributed by atoms with Crippen molar-refractivity contribution in [2.24, 2.45) is 5.92 Å². The molecule has 0 fully saturated rings. The van der Waals surface area contributed by atoms with Crippen LogP contribution in [0.4, 0.5) is 5.69 Å². The molecule has 27 heavy (non-hydrogen) atoms. The summed E-state index contributed by atoms with van der Waals surface area (Å²) in [6, 6.07) is 12.4. The van der Waals surface area contributed by atoms with Gasteiger partial charge in [-0.05, 0) is 36.6 Å². The highest BCUT2D eigenvalue weighted by molar-refractivity contribution is 5.91. The molecule has 0 unspecified atom stereocenters. The Labute approximate surface area is 157 Å². The van der Waals surface area contributed by atoms with Crippen molar-refractivity contribution in [3.8, 4) is 5.75 Å². The normalized spacial score (nSPS) is 11.0. The Kier molecular flexibility index (Phi) is 5.54. The fraction of sp³-hybridized carbons (Fsp3) is 0.286. The number of carbonyl (C=O) groups excluding carboxylic acids is 1. The summed E-state index contributed by atoms with van der Waals surface area (Å²) < 4.78 is 7.35. The van der Waals surface area contributed by atoms with Gasteiger partial charge in [-0.3, -0.25) is 14.0 Å². The smallest absolute Gasteiger partial charge is 0.258 e. The van der Waals surface area contributed by atoms with Gasteiger partial charge in [-0.15, -0.1) is 0 Å². The molecule has 0 aliphatic heterocycles. The van der Waals surface area contributed by atoms with Crippen molar-refractivity contribution in [3.63, 3.8) is 0 Å². The molecule has 0 atom stereocenters. The number of hydrogen-bond donors (Lipinski definition) is 1. The molecule has 1 N–H and O–H groups in total. The zero-order valence-electron chi connectivity index (χ0n) is 15.7. The van der Waals surface area contributed by atoms with Gasteiger partial charge >= 0.3 is 0 Å². The summed E-state index contributed by atoms with van der Waals surface area (Å²) >= 11 is 0. The van der Waals surface area contributed by atoms with Crippen LogP contribution in [0.25, 0.3) is 5.65 Å². The fourth-order valence-corrected chi connectivity index (χ4v) is 2.74. The van der Waals surface area contributed by atoms with Gasteiger partial charge in [0.15, 0.2) is 0 Å². The van der Waals surface area contributed by atoms with E-state index >= 15 is 0 Å². The van der Waals surface area contributed by atoms with Gasteiger partial charge in [0.2, 0.25) is 5.91 Å². The molecule has 3 aromatic rings. The second-order valence-electron chi connectivity index (χ2n) is 6.93. The van der Waals surface area contributed by atoms with Crippen LogP contribution in [0, 0.1) is 12.8 Å². The largest absolute Gasteiger partial charge is 0.487 e. The monoisotopic (exact) mass is 365 g/mol. The summed E-state index contributed by atoms with van der Waals surface area (Å²) in [6.45, 7) is 6.10. The number of fused-ring (bicyclic) bond motifs is 1. The van der Waals surface area contributed by atoms with E-state index < -0.39 is 0 Å². The van der Waals surface area contributed by atoms with E-state index in [1.165, 1.54) is 10.5 Å². The minimum Gasteiger partial charge on any atom is -0.487 e. The summed E-state index contributed by atoms with van der Waals surface area (Å²) in [4.78, 5) is 28.6. The molecule has 2 aromatic heterocycles. The third kappa shape index (κ3) is 4.73. The van der Waals surface area contributed by atoms with Gasteiger partial charge in [-0.25, -0.2) is 4.98 Å². The van der Waals surface area contributed by atoms with Crippen LogP contribution < -0.4 is 15.6 Å². The molecule has 0 bridgehead atoms. The van der Waals surface area contributed by atoms with Crippen LogP contribution in [-0.2, 0) is 11.4 Å². The first-order valence-corrected chi connectivity index (χ1v) is 8.93. The maximum absolute atomic E-state index is 12.2. The topological polar surface area (TPSA) is 72.7 Å². The van der Waals surface area contributed by atoms with Gasteiger partial charge in [0, 0.05) is 30.4 Å². The molecule has 0 aliphatic rings. The Morgan fingerprint density at radius 1 is 1.22 bits per heavy atom. The first-order valence-electron chi connectivity index (χ1n) is 8.93. The van der Waals surface area contributed by atoms with E-state index in [-0.39, 0.29) is 18.1 Å². The van der Waals surface area contributed by atoms with Crippen molar-refractivity contribution in [2.75, 3.05) is 5.32 Å². The molecule has 0 saturated heterocycles. The summed E-state index contributed by atoms with van der Waals surface area (Å²) in [5, 5.41) is 2.88. The number of nitrogens with one attached hydrogen (secondary N) is 1. The molecule has 1 aromatic carbocycles. The third-order valence-corrected chi connectivity index (χ3v) is 4.07. The standard InChI is InChI=1S/C21H23N3O3/c1-14(2)10-20(25)23-16-8-7-15(3)18(11-16)27-13-17-12-21(26)24-9-5-4-6-19(24)22-17/h4-9,11-12,14H,10,13H2,1-3H3,(H,23,25). The van der Waals surface area contributed by atoms with E-state index in [9.17, 15) is 9.59 Å². The summed E-state index contributed by atoms with van der Waals surface area (Å²) in [7, 11) is 0. The van der Waals surface area contributed by atoms with Crippen molar-refractivity contribution < 1.29 is 9.53 Å². The van der Waals surface area contributed by atoms with E-state index in [0.717, 1.165) is 5.56 Å². The maximum atomic E-state index is 12.2. The number of rotatable bonds is 6. The lowest BCUT2D eigenvalue weighted by molar-refractivity contribution is -0.116. The summed E-state index contributed by atoms with van der Waals surface area (Å²) in [6.07, 6.45) is 2.15. The number of pyridine rings is 1. The SMILES string of the molecule is Cc1ccc(NC(=O)CC(C)C)cc1OCc1cc(=O)n2ccccc2n1. The molecule has 2 heterocycles. The molecule has 0 aliphatic carbocycles. The summed E-state index contributed by atoms with van der Waals surface area (Å²) in [5.41, 5.74) is 2.61. The highest BCUT2D eigenvalue weighted by Crippen LogP contribution is 2.24. The third-order valence-electron chi connectivity index (χ3n) is 4.07. The van der Waals surface area contributed by atoms with Gasteiger partial charge < -0.3 is 10.1 Å². The first-order chi connectivity index (χ1) is 12.9. The number of amides is 1. The van der Waals surface area contributed by atoms with E-state index in [1.807, 2.05) is 39.0 Å². The number of aryl methyl sites for hydroxylation is 1. The van der Waals surface area contributed by atoms with E-state index in [0.29, 0.717) is 35.1 Å². The van der Waals surface area contributed by atoms with Crippen molar-refractivity contribution in [1.29, 1.82) is 0 Å². The van der Waals surface area contributed by atoms with E-state index in [4.69, 9.17) is 4.74 Å². The number of hydrogen-bond acceptors (Lipinski definition) is 4. The fourth-order valence-electron chi connectivity index (χ4n) is 2.74. The zero-order valence-corrected chi connectivity index (χ0v) is 15.7. The van der Waals surface area contributed by atoms with Gasteiger partial charge in [0.05, 0.1) is 5.69 Å². The van der Waals surface area contributed by atoms with E-state index in [1.54, 1.807) is 24.4 Å². The van der Waals surface area contributed by atoms with Crippen molar-refractivity contribution in [3.05, 3.63) is 70.3 Å². The molecular formula is C21H23N3O3. The molecule has 140 valence electrons. The van der Waals surface area contributed by atoms with Crippen molar-refractivity contribution >= 4 is 17.2 Å². The number of carbonyl (C=O) groups is 1. The number of benzene rings is 1. The van der Waals surface area contributed by atoms with Gasteiger partial charge in [0.1, 0.15) is 18.0 Å². The lowest BCUT2D eigenvalue weighted by Gasteiger charge is -2.12. The molecule has 0 saturated carbocycles. The predicted molar refractivity (Wildman–Crippen MR) is 105 cm³/mol. The predicted octanol–water partition coefficient (Wildman–Crippen LogP) is 3.57. The molecule has 0 radical (unpaired) electrons. The lowest BCUT2D eigenvalue weighted by Crippen LogP contribution is -2.16. The van der Waals surface area contributed by atoms with Crippen LogP contribution >= 0.6 is 0 Å². The number of aromatic nitrogens is 2. The lowest BCUT2D eigenvalue weighted by atomic mass is 10.1. The van der Waals surface area contributed by atoms with Gasteiger partial charge in [-0.2, -0.15) is 0 Å². The minimum absolute atomic E-state index is 0.0241. The molecular weight excluding hydrogens is 342 g/mol. The minimum atomic E-state index is -0.148. The second kappa shape index (κ2) is 8.03. The van der Waals surface area contributed by atoms with Crippen LogP contribution in [-0.4, -0.2) is 15.3 Å². The quantitative estimate of drug-likeness (QED) is 0.725. The summed E-state index contributed by atoms with van der Waals surface area (Å²) in [5.74, 6) is 0.917. The number of ether oxygens (including phenoxy) is 1. The first kappa shape index (κ1) is 18.6. The van der Waals surface area contributed by atoms with Crippen LogP contribution in [0.1, 0.15) is 31.5 Å². The molecule has 6 heteroatoms. The van der Waals surface area contributed by atoms with Crippen LogP contribution in [0.3, 0.4) is 0 Å². The Morgan fingerprint density at radius 3 is 2.81 bits per heavy atom.